The van der Waals surface area contributed by atoms with Crippen molar-refractivity contribution >= 4 is 23.1 Å². The van der Waals surface area contributed by atoms with Gasteiger partial charge in [0, 0.05) is 23.0 Å². The lowest BCUT2D eigenvalue weighted by Gasteiger charge is -2.13. The van der Waals surface area contributed by atoms with Crippen LogP contribution < -0.4 is 0 Å². The van der Waals surface area contributed by atoms with Crippen LogP contribution in [0.1, 0.15) is 70.9 Å². The highest BCUT2D eigenvalue weighted by Gasteiger charge is 2.40. The average Bonchev–Trinajstić information content (AvgIpc) is 3.81. The summed E-state index contributed by atoms with van der Waals surface area (Å²) in [5, 5.41) is 0. The van der Waals surface area contributed by atoms with Gasteiger partial charge in [-0.15, -0.1) is 0 Å². The highest BCUT2D eigenvalue weighted by atomic mass is 19.4. The molecule has 5 nitrogen and oxygen atoms in total. The van der Waals surface area contributed by atoms with Gasteiger partial charge in [0.25, 0.3) is 0 Å². The number of alkyl halides is 6. The van der Waals surface area contributed by atoms with E-state index in [1.807, 2.05) is 0 Å². The molecule has 2 aliphatic carbocycles. The van der Waals surface area contributed by atoms with Gasteiger partial charge in [0.1, 0.15) is 11.4 Å². The zero-order valence-electron chi connectivity index (χ0n) is 21.4. The molecular weight excluding hydrogens is 542 g/mol. The molecule has 2 fully saturated rings. The largest absolute Gasteiger partial charge is 0.501 e. The highest BCUT2D eigenvalue weighted by molar-refractivity contribution is 6.27. The van der Waals surface area contributed by atoms with Crippen molar-refractivity contribution < 1.29 is 50.3 Å². The lowest BCUT2D eigenvalue weighted by atomic mass is 9.95. The van der Waals surface area contributed by atoms with Crippen molar-refractivity contribution in [2.24, 2.45) is 11.8 Å². The van der Waals surface area contributed by atoms with E-state index >= 15 is 0 Å². The Morgan fingerprint density at radius 2 is 1.25 bits per heavy atom. The van der Waals surface area contributed by atoms with Crippen molar-refractivity contribution in [3.63, 3.8) is 0 Å². The Morgan fingerprint density at radius 1 is 0.775 bits per heavy atom. The molecule has 0 aromatic heterocycles. The van der Waals surface area contributed by atoms with E-state index in [1.54, 1.807) is 6.92 Å². The molecule has 0 spiro atoms. The third-order valence-corrected chi connectivity index (χ3v) is 6.20. The Kier molecular flexibility index (Phi) is 9.70. The fraction of sp³-hybridized carbons (Fsp3) is 0.379. The molecule has 0 heterocycles. The minimum Gasteiger partial charge on any atom is -0.501 e. The van der Waals surface area contributed by atoms with Crippen molar-refractivity contribution in [3.05, 3.63) is 82.6 Å². The molecule has 2 aliphatic rings. The summed E-state index contributed by atoms with van der Waals surface area (Å²) in [4.78, 5) is 47.7. The highest BCUT2D eigenvalue weighted by Crippen LogP contribution is 2.37. The van der Waals surface area contributed by atoms with Gasteiger partial charge in [-0.05, 0) is 44.7 Å². The zero-order chi connectivity index (χ0) is 29.7. The molecule has 2 aromatic rings. The molecule has 0 N–H and O–H groups in total. The molecule has 0 radical (unpaired) electrons. The van der Waals surface area contributed by atoms with Crippen LogP contribution in [-0.2, 0) is 26.7 Å². The second kappa shape index (κ2) is 12.6. The topological polar surface area (TPSA) is 77.5 Å². The minimum absolute atomic E-state index is 0.119. The molecule has 0 saturated heterocycles. The summed E-state index contributed by atoms with van der Waals surface area (Å²) in [6.07, 6.45) is -5.90. The summed E-state index contributed by atoms with van der Waals surface area (Å²) < 4.78 is 82.0. The van der Waals surface area contributed by atoms with Crippen LogP contribution in [0.15, 0.2) is 60.4 Å². The first-order chi connectivity index (χ1) is 18.8. The van der Waals surface area contributed by atoms with Gasteiger partial charge in [-0.3, -0.25) is 19.2 Å². The summed E-state index contributed by atoms with van der Waals surface area (Å²) in [5.41, 5.74) is -3.29. The summed E-state index contributed by atoms with van der Waals surface area (Å²) in [7, 11) is 0. The first-order valence-corrected chi connectivity index (χ1v) is 12.5. The van der Waals surface area contributed by atoms with Gasteiger partial charge in [-0.1, -0.05) is 36.4 Å². The van der Waals surface area contributed by atoms with Crippen molar-refractivity contribution in [1.82, 2.24) is 0 Å². The number of allylic oxidation sites excluding steroid dienone is 1. The fourth-order valence-electron chi connectivity index (χ4n) is 3.81. The van der Waals surface area contributed by atoms with Crippen molar-refractivity contribution in [1.29, 1.82) is 0 Å². The number of Topliss-reactive ketones (excluding diaryl/α,β-unsaturated/α-hetero) is 4. The van der Waals surface area contributed by atoms with Gasteiger partial charge in [-0.25, -0.2) is 0 Å². The van der Waals surface area contributed by atoms with Crippen LogP contribution in [0.5, 0.6) is 0 Å². The number of ether oxygens (including phenoxy) is 1. The molecule has 0 bridgehead atoms. The Hall–Kier alpha value is -3.76. The second-order valence-corrected chi connectivity index (χ2v) is 9.38. The van der Waals surface area contributed by atoms with Crippen LogP contribution in [0.3, 0.4) is 0 Å². The minimum atomic E-state index is -4.66. The van der Waals surface area contributed by atoms with Crippen LogP contribution in [0.4, 0.5) is 26.3 Å². The summed E-state index contributed by atoms with van der Waals surface area (Å²) in [6, 6.07) is 9.00. The number of hydrogen-bond acceptors (Lipinski definition) is 5. The van der Waals surface area contributed by atoms with E-state index in [4.69, 9.17) is 4.74 Å². The monoisotopic (exact) mass is 568 g/mol. The predicted octanol–water partition coefficient (Wildman–Crippen LogP) is 7.04. The molecule has 2 saturated carbocycles. The third-order valence-electron chi connectivity index (χ3n) is 6.20. The molecule has 2 aromatic carbocycles. The number of hydrogen-bond donors (Lipinski definition) is 0. The van der Waals surface area contributed by atoms with Crippen LogP contribution in [0.25, 0.3) is 0 Å². The fourth-order valence-corrected chi connectivity index (χ4v) is 3.81. The molecule has 214 valence electrons. The number of halogens is 6. The maximum Gasteiger partial charge on any atom is 0.417 e. The van der Waals surface area contributed by atoms with E-state index in [9.17, 15) is 45.5 Å². The van der Waals surface area contributed by atoms with Crippen LogP contribution in [0, 0.1) is 11.8 Å². The second-order valence-electron chi connectivity index (χ2n) is 9.38. The van der Waals surface area contributed by atoms with E-state index in [1.165, 1.54) is 24.3 Å². The van der Waals surface area contributed by atoms with Gasteiger partial charge >= 0.3 is 12.4 Å². The smallest absolute Gasteiger partial charge is 0.417 e. The Balaban J connectivity index is 0.000000225. The quantitative estimate of drug-likeness (QED) is 0.0767. The van der Waals surface area contributed by atoms with Crippen LogP contribution in [0.2, 0.25) is 0 Å². The Bertz CT molecular complexity index is 1300. The molecule has 0 unspecified atom stereocenters. The van der Waals surface area contributed by atoms with Gasteiger partial charge in [-0.2, -0.15) is 26.3 Å². The Labute approximate surface area is 226 Å². The SMILES string of the molecule is CCOC=C(C(=O)c1ccccc1C(F)(F)F)C(=O)C1CC1.O=C(CC(=O)C1CC1)c1ccccc1C(F)(F)F. The lowest BCUT2D eigenvalue weighted by molar-refractivity contribution is -0.138. The van der Waals surface area contributed by atoms with E-state index in [0.29, 0.717) is 12.8 Å². The van der Waals surface area contributed by atoms with E-state index in [2.05, 4.69) is 0 Å². The maximum atomic E-state index is 13.0. The van der Waals surface area contributed by atoms with Gasteiger partial charge in [0.15, 0.2) is 17.3 Å². The summed E-state index contributed by atoms with van der Waals surface area (Å²) >= 11 is 0. The number of carbonyl (C=O) groups excluding carboxylic acids is 4. The normalized spacial score (nSPS) is 15.5. The zero-order valence-corrected chi connectivity index (χ0v) is 21.4. The molecule has 40 heavy (non-hydrogen) atoms. The van der Waals surface area contributed by atoms with E-state index in [-0.39, 0.29) is 29.8 Å². The standard InChI is InChI=1S/C16H15F3O3.C13H11F3O2/c1-2-22-9-12(14(20)10-7-8-10)15(21)11-5-3-4-6-13(11)16(17,18)19;14-13(15,16)10-4-2-1-3-9(10)12(18)7-11(17)8-5-6-8/h3-6,9-10H,2,7-8H2,1H3;1-4,8H,5-7H2. The van der Waals surface area contributed by atoms with Gasteiger partial charge < -0.3 is 4.74 Å². The first kappa shape index (κ1) is 30.8. The van der Waals surface area contributed by atoms with Gasteiger partial charge in [0.2, 0.25) is 0 Å². The molecule has 0 atom stereocenters. The molecule has 0 amide bonds. The number of rotatable bonds is 10. The van der Waals surface area contributed by atoms with Crippen LogP contribution >= 0.6 is 0 Å². The summed E-state index contributed by atoms with van der Waals surface area (Å²) in [6.45, 7) is 1.87. The summed E-state index contributed by atoms with van der Waals surface area (Å²) in [5.74, 6) is -2.80. The number of benzene rings is 2. The predicted molar refractivity (Wildman–Crippen MR) is 131 cm³/mol. The first-order valence-electron chi connectivity index (χ1n) is 12.5. The van der Waals surface area contributed by atoms with E-state index in [0.717, 1.165) is 43.4 Å². The van der Waals surface area contributed by atoms with Crippen LogP contribution in [-0.4, -0.2) is 29.7 Å². The van der Waals surface area contributed by atoms with Crippen molar-refractivity contribution in [3.8, 4) is 0 Å². The third kappa shape index (κ3) is 8.12. The number of ketones is 4. The van der Waals surface area contributed by atoms with Crippen molar-refractivity contribution in [2.45, 2.75) is 51.4 Å². The Morgan fingerprint density at radius 3 is 1.73 bits per heavy atom. The van der Waals surface area contributed by atoms with E-state index < -0.39 is 58.4 Å². The lowest BCUT2D eigenvalue weighted by Crippen LogP contribution is -2.19. The molecule has 0 aliphatic heterocycles. The van der Waals surface area contributed by atoms with Gasteiger partial charge in [0.05, 0.1) is 30.4 Å². The van der Waals surface area contributed by atoms with Crippen molar-refractivity contribution in [2.75, 3.05) is 6.61 Å². The number of carbonyl (C=O) groups is 4. The average molecular weight is 569 g/mol. The maximum absolute atomic E-state index is 13.0. The molecule has 4 rings (SSSR count). The molecular formula is C29H26F6O5. The molecule has 11 heteroatoms.